The van der Waals surface area contributed by atoms with Crippen LogP contribution in [0.1, 0.15) is 6.42 Å². The van der Waals surface area contributed by atoms with Crippen LogP contribution in [0.4, 0.5) is 0 Å². The first-order valence-electron chi connectivity index (χ1n) is 2.81. The largest absolute Gasteiger partial charge is 0.302 e. The topological polar surface area (TPSA) is 20.3 Å². The summed E-state index contributed by atoms with van der Waals surface area (Å²) < 4.78 is 0. The highest BCUT2D eigenvalue weighted by atomic mass is 16.1. The molecule has 0 saturated heterocycles. The minimum absolute atomic E-state index is 0.355. The van der Waals surface area contributed by atoms with Crippen LogP contribution < -0.4 is 0 Å². The number of hydrogen-bond donors (Lipinski definition) is 0. The van der Waals surface area contributed by atoms with Crippen molar-refractivity contribution in [3.05, 3.63) is 0 Å². The van der Waals surface area contributed by atoms with E-state index in [1.54, 1.807) is 0 Å². The van der Waals surface area contributed by atoms with Crippen LogP contribution in [-0.2, 0) is 4.79 Å². The van der Waals surface area contributed by atoms with Crippen molar-refractivity contribution in [2.45, 2.75) is 6.42 Å². The normalized spacial score (nSPS) is 8.33. The Morgan fingerprint density at radius 1 is 1.44 bits per heavy atom. The van der Waals surface area contributed by atoms with Gasteiger partial charge in [-0.05, 0) is 14.1 Å². The summed E-state index contributed by atoms with van der Waals surface area (Å²) in [7, 11) is 3.88. The van der Waals surface area contributed by atoms with E-state index in [0.717, 1.165) is 12.8 Å². The van der Waals surface area contributed by atoms with Crippen LogP contribution in [0.25, 0.3) is 0 Å². The van der Waals surface area contributed by atoms with Crippen LogP contribution in [0.5, 0.6) is 0 Å². The van der Waals surface area contributed by atoms with E-state index in [-0.39, 0.29) is 0 Å². The third-order valence-corrected chi connectivity index (χ3v) is 0.706. The van der Waals surface area contributed by atoms with Gasteiger partial charge < -0.3 is 4.79 Å². The van der Waals surface area contributed by atoms with Crippen molar-refractivity contribution in [2.75, 3.05) is 20.6 Å². The Hall–Kier alpha value is -0.810. The van der Waals surface area contributed by atoms with E-state index in [4.69, 9.17) is 0 Å². The molecule has 0 aliphatic heterocycles. The Labute approximate surface area is 55.8 Å². The van der Waals surface area contributed by atoms with Crippen LogP contribution in [0.15, 0.2) is 0 Å². The van der Waals surface area contributed by atoms with Gasteiger partial charge in [-0.3, -0.25) is 4.90 Å². The van der Waals surface area contributed by atoms with Gasteiger partial charge in [0.2, 0.25) is 0 Å². The van der Waals surface area contributed by atoms with Gasteiger partial charge in [0, 0.05) is 0 Å². The maximum atomic E-state index is 9.73. The Kier molecular flexibility index (Phi) is 4.85. The van der Waals surface area contributed by atoms with Gasteiger partial charge in [-0.1, -0.05) is 11.8 Å². The molecule has 0 saturated carbocycles. The van der Waals surface area contributed by atoms with E-state index in [9.17, 15) is 4.79 Å². The highest BCUT2D eigenvalue weighted by Crippen LogP contribution is 1.70. The van der Waals surface area contributed by atoms with Crippen LogP contribution in [0.3, 0.4) is 0 Å². The summed E-state index contributed by atoms with van der Waals surface area (Å²) in [5.74, 6) is 5.54. The Morgan fingerprint density at radius 2 is 2.11 bits per heavy atom. The van der Waals surface area contributed by atoms with Gasteiger partial charge in [-0.15, -0.1) is 0 Å². The van der Waals surface area contributed by atoms with Gasteiger partial charge in [-0.2, -0.15) is 0 Å². The molecule has 0 fully saturated rings. The summed E-state index contributed by atoms with van der Waals surface area (Å²) >= 11 is 0. The standard InChI is InChI=1S/C7H11NO/c1-8(2)6-4-3-5-7-9/h7H,5-6H2,1-2H3. The first kappa shape index (κ1) is 8.19. The van der Waals surface area contributed by atoms with Gasteiger partial charge in [0.1, 0.15) is 6.29 Å². The maximum absolute atomic E-state index is 9.73. The molecule has 2 nitrogen and oxygen atoms in total. The van der Waals surface area contributed by atoms with Crippen molar-refractivity contribution in [3.63, 3.8) is 0 Å². The van der Waals surface area contributed by atoms with Crippen molar-refractivity contribution < 1.29 is 4.79 Å². The molecular weight excluding hydrogens is 114 g/mol. The number of aldehydes is 1. The zero-order chi connectivity index (χ0) is 7.11. The lowest BCUT2D eigenvalue weighted by Gasteiger charge is -2.00. The first-order valence-corrected chi connectivity index (χ1v) is 2.81. The van der Waals surface area contributed by atoms with Crippen molar-refractivity contribution in [3.8, 4) is 11.8 Å². The molecule has 0 aliphatic carbocycles. The van der Waals surface area contributed by atoms with E-state index in [0.29, 0.717) is 6.42 Å². The lowest BCUT2D eigenvalue weighted by molar-refractivity contribution is -0.107. The quantitative estimate of drug-likeness (QED) is 0.386. The predicted octanol–water partition coefficient (Wildman–Crippen LogP) is 0.140. The lowest BCUT2D eigenvalue weighted by atomic mass is 10.4. The maximum Gasteiger partial charge on any atom is 0.131 e. The monoisotopic (exact) mass is 125 g/mol. The van der Waals surface area contributed by atoms with Crippen LogP contribution in [0, 0.1) is 11.8 Å². The number of hydrogen-bond acceptors (Lipinski definition) is 2. The molecule has 0 N–H and O–H groups in total. The van der Waals surface area contributed by atoms with Crippen molar-refractivity contribution in [2.24, 2.45) is 0 Å². The second-order valence-corrected chi connectivity index (χ2v) is 1.96. The van der Waals surface area contributed by atoms with Gasteiger partial charge in [0.15, 0.2) is 0 Å². The zero-order valence-electron chi connectivity index (χ0n) is 5.85. The first-order chi connectivity index (χ1) is 4.27. The highest BCUT2D eigenvalue weighted by Gasteiger charge is 1.78. The minimum atomic E-state index is 0.355. The summed E-state index contributed by atoms with van der Waals surface area (Å²) in [5.41, 5.74) is 0. The molecule has 0 unspecified atom stereocenters. The molecule has 0 aliphatic rings. The minimum Gasteiger partial charge on any atom is -0.302 e. The molecule has 2 heteroatoms. The molecule has 9 heavy (non-hydrogen) atoms. The molecule has 0 aromatic carbocycles. The van der Waals surface area contributed by atoms with Crippen LogP contribution in [-0.4, -0.2) is 31.8 Å². The van der Waals surface area contributed by atoms with Crippen LogP contribution in [0.2, 0.25) is 0 Å². The number of rotatable bonds is 2. The van der Waals surface area contributed by atoms with Gasteiger partial charge >= 0.3 is 0 Å². The Bertz CT molecular complexity index is 130. The summed E-state index contributed by atoms with van der Waals surface area (Å²) in [4.78, 5) is 11.7. The van der Waals surface area contributed by atoms with Crippen molar-refractivity contribution >= 4 is 6.29 Å². The molecule has 0 amide bonds. The fraction of sp³-hybridized carbons (Fsp3) is 0.571. The molecular formula is C7H11NO. The van der Waals surface area contributed by atoms with Crippen molar-refractivity contribution in [1.29, 1.82) is 0 Å². The van der Waals surface area contributed by atoms with E-state index < -0.39 is 0 Å². The third-order valence-electron chi connectivity index (χ3n) is 0.706. The zero-order valence-corrected chi connectivity index (χ0v) is 5.85. The Morgan fingerprint density at radius 3 is 2.56 bits per heavy atom. The summed E-state index contributed by atoms with van der Waals surface area (Å²) in [6, 6.07) is 0. The third kappa shape index (κ3) is 7.19. The molecule has 0 spiro atoms. The second kappa shape index (κ2) is 5.33. The fourth-order valence-electron chi connectivity index (χ4n) is 0.328. The lowest BCUT2D eigenvalue weighted by Crippen LogP contribution is -2.10. The average Bonchev–Trinajstić information content (AvgIpc) is 1.80. The molecule has 0 bridgehead atoms. The number of carbonyl (C=O) groups is 1. The molecule has 50 valence electrons. The van der Waals surface area contributed by atoms with Crippen LogP contribution >= 0.6 is 0 Å². The van der Waals surface area contributed by atoms with Gasteiger partial charge in [0.25, 0.3) is 0 Å². The molecule has 0 radical (unpaired) electrons. The summed E-state index contributed by atoms with van der Waals surface area (Å²) in [6.07, 6.45) is 1.16. The molecule has 0 heterocycles. The number of carbonyl (C=O) groups excluding carboxylic acids is 1. The molecule has 0 atom stereocenters. The van der Waals surface area contributed by atoms with E-state index >= 15 is 0 Å². The van der Waals surface area contributed by atoms with E-state index in [1.807, 2.05) is 19.0 Å². The highest BCUT2D eigenvalue weighted by molar-refractivity contribution is 5.53. The summed E-state index contributed by atoms with van der Waals surface area (Å²) in [6.45, 7) is 0.730. The molecule has 0 aromatic rings. The number of nitrogens with zero attached hydrogens (tertiary/aromatic N) is 1. The SMILES string of the molecule is CN(C)CC#CCC=O. The van der Waals surface area contributed by atoms with Gasteiger partial charge in [0.05, 0.1) is 13.0 Å². The smallest absolute Gasteiger partial charge is 0.131 e. The van der Waals surface area contributed by atoms with Crippen molar-refractivity contribution in [1.82, 2.24) is 4.90 Å². The van der Waals surface area contributed by atoms with E-state index in [2.05, 4.69) is 11.8 Å². The molecule has 0 aromatic heterocycles. The second-order valence-electron chi connectivity index (χ2n) is 1.96. The predicted molar refractivity (Wildman–Crippen MR) is 37.0 cm³/mol. The molecule has 0 rings (SSSR count). The van der Waals surface area contributed by atoms with Gasteiger partial charge in [-0.25, -0.2) is 0 Å². The fourth-order valence-corrected chi connectivity index (χ4v) is 0.328. The summed E-state index contributed by atoms with van der Waals surface area (Å²) in [5, 5.41) is 0. The average molecular weight is 125 g/mol. The Balaban J connectivity index is 3.26. The van der Waals surface area contributed by atoms with E-state index in [1.165, 1.54) is 0 Å².